The highest BCUT2D eigenvalue weighted by Gasteiger charge is 2.51. The summed E-state index contributed by atoms with van der Waals surface area (Å²) in [4.78, 5) is 26.8. The second kappa shape index (κ2) is 7.15. The number of rotatable bonds is 4. The Balaban J connectivity index is 1.42. The lowest BCUT2D eigenvalue weighted by atomic mass is 9.99. The monoisotopic (exact) mass is 456 g/mol. The maximum Gasteiger partial charge on any atom is 0.416 e. The summed E-state index contributed by atoms with van der Waals surface area (Å²) in [6.07, 6.45) is -4.48. The molecule has 168 valence electrons. The van der Waals surface area contributed by atoms with E-state index in [1.54, 1.807) is 18.2 Å². The number of halogens is 3. The number of amides is 3. The topological polar surface area (TPSA) is 106 Å². The molecule has 2 aromatic carbocycles. The first-order valence-corrected chi connectivity index (χ1v) is 9.75. The van der Waals surface area contributed by atoms with Crippen molar-refractivity contribution in [3.05, 3.63) is 71.7 Å². The van der Waals surface area contributed by atoms with Crippen molar-refractivity contribution in [1.82, 2.24) is 30.4 Å². The Kier molecular flexibility index (Phi) is 4.48. The molecule has 1 N–H and O–H groups in total. The molecule has 9 nitrogen and oxygen atoms in total. The molecule has 0 bridgehead atoms. The second-order valence-corrected chi connectivity index (χ2v) is 7.65. The van der Waals surface area contributed by atoms with Crippen LogP contribution in [0.2, 0.25) is 0 Å². The van der Waals surface area contributed by atoms with E-state index in [0.717, 1.165) is 27.1 Å². The van der Waals surface area contributed by atoms with E-state index in [2.05, 4.69) is 20.8 Å². The average Bonchev–Trinajstić information content (AvgIpc) is 3.47. The van der Waals surface area contributed by atoms with E-state index in [4.69, 9.17) is 4.42 Å². The van der Waals surface area contributed by atoms with Gasteiger partial charge in [0.05, 0.1) is 17.8 Å². The number of hydrogen-bond donors (Lipinski definition) is 1. The number of urea groups is 1. The van der Waals surface area contributed by atoms with Gasteiger partial charge in [0.25, 0.3) is 5.91 Å². The number of hydrogen-bond acceptors (Lipinski definition) is 6. The van der Waals surface area contributed by atoms with Gasteiger partial charge in [-0.1, -0.05) is 18.2 Å². The number of imide groups is 1. The van der Waals surface area contributed by atoms with Gasteiger partial charge in [-0.2, -0.15) is 17.9 Å². The molecular weight excluding hydrogens is 441 g/mol. The van der Waals surface area contributed by atoms with E-state index in [1.807, 2.05) is 12.1 Å². The molecule has 4 aromatic rings. The van der Waals surface area contributed by atoms with Crippen LogP contribution < -0.4 is 5.32 Å². The maximum absolute atomic E-state index is 13.2. The van der Waals surface area contributed by atoms with E-state index < -0.39 is 29.2 Å². The van der Waals surface area contributed by atoms with E-state index in [0.29, 0.717) is 5.58 Å². The van der Waals surface area contributed by atoms with E-state index in [-0.39, 0.29) is 23.8 Å². The lowest BCUT2D eigenvalue weighted by molar-refractivity contribution is -0.137. The highest BCUT2D eigenvalue weighted by Crippen LogP contribution is 2.34. The summed E-state index contributed by atoms with van der Waals surface area (Å²) in [5.41, 5.74) is -1.45. The number of benzene rings is 2. The van der Waals surface area contributed by atoms with Crippen molar-refractivity contribution in [2.45, 2.75) is 25.2 Å². The van der Waals surface area contributed by atoms with Gasteiger partial charge >= 0.3 is 12.2 Å². The maximum atomic E-state index is 13.2. The number of furan rings is 1. The molecule has 2 aromatic heterocycles. The highest BCUT2D eigenvalue weighted by atomic mass is 19.4. The molecule has 0 saturated carbocycles. The molecule has 0 radical (unpaired) electrons. The smallest absolute Gasteiger partial charge is 0.416 e. The van der Waals surface area contributed by atoms with E-state index in [9.17, 15) is 22.8 Å². The molecule has 12 heteroatoms. The van der Waals surface area contributed by atoms with Gasteiger partial charge in [-0.05, 0) is 53.7 Å². The number of nitrogens with zero attached hydrogens (tertiary/aromatic N) is 5. The van der Waals surface area contributed by atoms with Crippen molar-refractivity contribution in [3.63, 3.8) is 0 Å². The first kappa shape index (κ1) is 20.7. The minimum atomic E-state index is -4.48. The molecule has 33 heavy (non-hydrogen) atoms. The number of para-hydroxylation sites is 1. The van der Waals surface area contributed by atoms with Crippen LogP contribution in [0.3, 0.4) is 0 Å². The second-order valence-electron chi connectivity index (χ2n) is 7.65. The summed E-state index contributed by atoms with van der Waals surface area (Å²) in [6.45, 7) is 1.23. The summed E-state index contributed by atoms with van der Waals surface area (Å²) in [5.74, 6) is -0.215. The van der Waals surface area contributed by atoms with Crippen LogP contribution >= 0.6 is 0 Å². The first-order chi connectivity index (χ1) is 15.7. The fourth-order valence-corrected chi connectivity index (χ4v) is 3.67. The van der Waals surface area contributed by atoms with Crippen LogP contribution in [0.1, 0.15) is 24.1 Å². The molecule has 0 aliphatic carbocycles. The van der Waals surface area contributed by atoms with Gasteiger partial charge in [-0.3, -0.25) is 9.69 Å². The fraction of sp³-hybridized carbons (Fsp3) is 0.190. The molecule has 3 heterocycles. The number of fused-ring (bicyclic) bond motifs is 1. The molecular formula is C21H15F3N6O3. The summed E-state index contributed by atoms with van der Waals surface area (Å²) in [7, 11) is 0. The molecule has 5 rings (SSSR count). The van der Waals surface area contributed by atoms with Crippen LogP contribution in [-0.4, -0.2) is 37.0 Å². The Morgan fingerprint density at radius 3 is 2.52 bits per heavy atom. The van der Waals surface area contributed by atoms with Gasteiger partial charge in [0.1, 0.15) is 11.3 Å². The SMILES string of the molecule is CC1(c2cc3ccccc3o2)NC(=O)N(Cc2nnnn2-c2ccc(C(F)(F)F)cc2)C1=O. The quantitative estimate of drug-likeness (QED) is 0.472. The van der Waals surface area contributed by atoms with E-state index in [1.165, 1.54) is 19.1 Å². The third-order valence-electron chi connectivity index (χ3n) is 5.47. The highest BCUT2D eigenvalue weighted by molar-refractivity contribution is 6.07. The van der Waals surface area contributed by atoms with Crippen molar-refractivity contribution < 1.29 is 27.2 Å². The molecule has 1 saturated heterocycles. The van der Waals surface area contributed by atoms with Crippen LogP contribution in [0.4, 0.5) is 18.0 Å². The lowest BCUT2D eigenvalue weighted by Crippen LogP contribution is -2.40. The lowest BCUT2D eigenvalue weighted by Gasteiger charge is -2.18. The Hall–Kier alpha value is -4.22. The molecule has 3 amide bonds. The largest absolute Gasteiger partial charge is 0.458 e. The number of aromatic nitrogens is 4. The minimum Gasteiger partial charge on any atom is -0.458 e. The molecule has 1 fully saturated rings. The number of carbonyl (C=O) groups is 2. The average molecular weight is 456 g/mol. The van der Waals surface area contributed by atoms with Crippen molar-refractivity contribution in [2.75, 3.05) is 0 Å². The molecule has 0 spiro atoms. The molecule has 1 aliphatic heterocycles. The van der Waals surface area contributed by atoms with Crippen LogP contribution in [0.25, 0.3) is 16.7 Å². The van der Waals surface area contributed by atoms with Crippen molar-refractivity contribution in [1.29, 1.82) is 0 Å². The van der Waals surface area contributed by atoms with Crippen LogP contribution in [-0.2, 0) is 23.1 Å². The van der Waals surface area contributed by atoms with Gasteiger partial charge in [0.2, 0.25) is 0 Å². The standard InChI is InChI=1S/C21H15F3N6O3/c1-20(16-10-12-4-2-3-5-15(12)33-16)18(31)29(19(32)25-20)11-17-26-27-28-30(17)14-8-6-13(7-9-14)21(22,23)24/h2-10H,11H2,1H3,(H,25,32). The third kappa shape index (κ3) is 3.39. The predicted octanol–water partition coefficient (Wildman–Crippen LogP) is 3.39. The number of carbonyl (C=O) groups excluding carboxylic acids is 2. The van der Waals surface area contributed by atoms with Gasteiger partial charge in [-0.25, -0.2) is 4.79 Å². The number of tetrazole rings is 1. The molecule has 1 unspecified atom stereocenters. The predicted molar refractivity (Wildman–Crippen MR) is 107 cm³/mol. The Bertz CT molecular complexity index is 1340. The third-order valence-corrected chi connectivity index (χ3v) is 5.47. The summed E-state index contributed by atoms with van der Waals surface area (Å²) < 4.78 is 45.5. The summed E-state index contributed by atoms with van der Waals surface area (Å²) >= 11 is 0. The van der Waals surface area contributed by atoms with Crippen LogP contribution in [0.5, 0.6) is 0 Å². The Morgan fingerprint density at radius 2 is 1.82 bits per heavy atom. The van der Waals surface area contributed by atoms with E-state index >= 15 is 0 Å². The van der Waals surface area contributed by atoms with Crippen molar-refractivity contribution in [2.24, 2.45) is 0 Å². The van der Waals surface area contributed by atoms with Gasteiger partial charge in [0, 0.05) is 5.39 Å². The van der Waals surface area contributed by atoms with Gasteiger partial charge in [-0.15, -0.1) is 5.10 Å². The summed E-state index contributed by atoms with van der Waals surface area (Å²) in [5, 5.41) is 14.6. The zero-order valence-electron chi connectivity index (χ0n) is 17.0. The number of alkyl halides is 3. The van der Waals surface area contributed by atoms with Crippen molar-refractivity contribution >= 4 is 22.9 Å². The minimum absolute atomic E-state index is 0.0899. The fourth-order valence-electron chi connectivity index (χ4n) is 3.67. The normalized spacial score (nSPS) is 18.8. The van der Waals surface area contributed by atoms with Crippen molar-refractivity contribution in [3.8, 4) is 5.69 Å². The number of nitrogens with one attached hydrogen (secondary N) is 1. The zero-order valence-corrected chi connectivity index (χ0v) is 17.0. The van der Waals surface area contributed by atoms with Crippen LogP contribution in [0, 0.1) is 0 Å². The van der Waals surface area contributed by atoms with Gasteiger partial charge < -0.3 is 9.73 Å². The molecule has 1 atom stereocenters. The first-order valence-electron chi connectivity index (χ1n) is 9.75. The molecule has 1 aliphatic rings. The van der Waals surface area contributed by atoms with Gasteiger partial charge in [0.15, 0.2) is 11.4 Å². The Labute approximate surface area is 183 Å². The zero-order chi connectivity index (χ0) is 23.4. The Morgan fingerprint density at radius 1 is 1.09 bits per heavy atom. The van der Waals surface area contributed by atoms with Crippen LogP contribution in [0.15, 0.2) is 59.0 Å². The summed E-state index contributed by atoms with van der Waals surface area (Å²) in [6, 6.07) is 12.4.